The molecule has 0 bridgehead atoms. The smallest absolute Gasteiger partial charge is 0.744 e. The molecule has 0 saturated heterocycles. The second-order valence-electron chi connectivity index (χ2n) is 17.4. The third-order valence-electron chi connectivity index (χ3n) is 12.5. The topological polar surface area (TPSA) is 304 Å². The Morgan fingerprint density at radius 3 is 1.63 bits per heavy atom. The second-order valence-corrected chi connectivity index (χ2v) is 22.9. The number of carboxylic acid groups (broad SMARTS) is 1. The van der Waals surface area contributed by atoms with Gasteiger partial charge in [-0.1, -0.05) is 44.2 Å². The Balaban J connectivity index is 0.00000352. The van der Waals surface area contributed by atoms with Crippen LogP contribution in [0, 0.1) is 0 Å². The molecule has 5 aromatic carbocycles. The third kappa shape index (κ3) is 13.1. The maximum Gasteiger partial charge on any atom is 1.00 e. The SMILES string of the molecule is CCN1/C(=C/C=C(/C=C/C2=[N+](CC)c3ccc4cc(S(=O)(=O)[O-])cc(S(=O)(=O)[O-])c4c3C2(C)C)CCC(=O)Nc2ccc(C(=O)[O-])cc2)C(C)(C)c2c1ccc1cc(S(=O)(=O)[O-])cc(S(=O)(=O)[O-])c21.[Na+].[Na+].[Na+].[Na+]. The van der Waals surface area contributed by atoms with E-state index < -0.39 is 82.8 Å². The van der Waals surface area contributed by atoms with Gasteiger partial charge in [0.25, 0.3) is 0 Å². The summed E-state index contributed by atoms with van der Waals surface area (Å²) in [5.74, 6) is -1.84. The van der Waals surface area contributed by atoms with Gasteiger partial charge in [-0.25, -0.2) is 33.7 Å². The van der Waals surface area contributed by atoms with Crippen molar-refractivity contribution in [3.8, 4) is 0 Å². The predicted molar refractivity (Wildman–Crippen MR) is 248 cm³/mol. The quantitative estimate of drug-likeness (QED) is 0.0468. The summed E-state index contributed by atoms with van der Waals surface area (Å²) in [6.07, 6.45) is 6.94. The van der Waals surface area contributed by atoms with E-state index in [-0.39, 0.29) is 158 Å². The Bertz CT molecular complexity index is 3670. The molecule has 2 aliphatic heterocycles. The van der Waals surface area contributed by atoms with Crippen molar-refractivity contribution < 1.29 is 189 Å². The maximum atomic E-state index is 13.4. The van der Waals surface area contributed by atoms with Crippen molar-refractivity contribution in [3.63, 3.8) is 0 Å². The number of fused-ring (bicyclic) bond motifs is 6. The number of amides is 1. The van der Waals surface area contributed by atoms with Crippen molar-refractivity contribution in [2.75, 3.05) is 23.3 Å². The van der Waals surface area contributed by atoms with E-state index in [0.717, 1.165) is 12.1 Å². The summed E-state index contributed by atoms with van der Waals surface area (Å²) >= 11 is 0. The summed E-state index contributed by atoms with van der Waals surface area (Å²) in [6.45, 7) is 11.4. The van der Waals surface area contributed by atoms with E-state index in [1.165, 1.54) is 36.4 Å². The zero-order valence-corrected chi connectivity index (χ0v) is 53.0. The number of aromatic carboxylic acids is 1. The summed E-state index contributed by atoms with van der Waals surface area (Å²) in [5, 5.41) is 14.0. The monoisotopic (exact) mass is 1110 g/mol. The molecule has 0 unspecified atom stereocenters. The van der Waals surface area contributed by atoms with Crippen molar-refractivity contribution in [3.05, 3.63) is 125 Å². The summed E-state index contributed by atoms with van der Waals surface area (Å²) in [5.41, 5.74) is 1.54. The van der Waals surface area contributed by atoms with Gasteiger partial charge in [0, 0.05) is 63.9 Å². The minimum atomic E-state index is -5.34. The molecule has 2 heterocycles. The van der Waals surface area contributed by atoms with Gasteiger partial charge in [-0.05, 0) is 116 Å². The van der Waals surface area contributed by atoms with E-state index in [9.17, 15) is 66.6 Å². The zero-order chi connectivity index (χ0) is 51.0. The minimum absolute atomic E-state index is 0. The largest absolute Gasteiger partial charge is 1.00 e. The van der Waals surface area contributed by atoms with Crippen molar-refractivity contribution in [1.82, 2.24) is 0 Å². The van der Waals surface area contributed by atoms with Gasteiger partial charge in [0.15, 0.2) is 5.71 Å². The zero-order valence-electron chi connectivity index (χ0n) is 41.7. The molecule has 0 fully saturated rings. The Hall–Kier alpha value is -2.11. The molecule has 26 heteroatoms. The Kier molecular flexibility index (Phi) is 21.3. The van der Waals surface area contributed by atoms with Gasteiger partial charge in [-0.15, -0.1) is 0 Å². The first-order valence-electron chi connectivity index (χ1n) is 21.1. The summed E-state index contributed by atoms with van der Waals surface area (Å²) in [4.78, 5) is 23.0. The minimum Gasteiger partial charge on any atom is -0.744 e. The van der Waals surface area contributed by atoms with Crippen molar-refractivity contribution >= 4 is 96.7 Å². The van der Waals surface area contributed by atoms with E-state index in [4.69, 9.17) is 0 Å². The van der Waals surface area contributed by atoms with Crippen LogP contribution in [0.15, 0.2) is 128 Å². The first-order chi connectivity index (χ1) is 31.9. The maximum absolute atomic E-state index is 13.4. The molecule has 0 spiro atoms. The van der Waals surface area contributed by atoms with Gasteiger partial charge >= 0.3 is 118 Å². The van der Waals surface area contributed by atoms with Crippen LogP contribution in [0.2, 0.25) is 0 Å². The normalized spacial score (nSPS) is 15.8. The fourth-order valence-electron chi connectivity index (χ4n) is 9.41. The van der Waals surface area contributed by atoms with Gasteiger partial charge < -0.3 is 38.3 Å². The van der Waals surface area contributed by atoms with E-state index in [2.05, 4.69) is 5.32 Å². The molecule has 0 radical (unpaired) electrons. The van der Waals surface area contributed by atoms with Crippen LogP contribution in [-0.4, -0.2) is 87.1 Å². The average molecular weight is 1110 g/mol. The van der Waals surface area contributed by atoms with Crippen LogP contribution in [0.25, 0.3) is 21.5 Å². The molecule has 7 rings (SSSR count). The number of likely N-dealkylation sites (N-methyl/N-ethyl adjacent to an activating group) is 1. The molecule has 18 nitrogen and oxygen atoms in total. The molecule has 0 aromatic heterocycles. The van der Waals surface area contributed by atoms with Gasteiger partial charge in [0.2, 0.25) is 11.6 Å². The van der Waals surface area contributed by atoms with Crippen molar-refractivity contribution in [1.29, 1.82) is 0 Å². The number of anilines is 2. The van der Waals surface area contributed by atoms with Crippen LogP contribution < -0.4 is 134 Å². The molecule has 1 amide bonds. The number of carbonyl (C=O) groups is 2. The summed E-state index contributed by atoms with van der Waals surface area (Å²) in [6, 6.07) is 14.6. The number of carboxylic acids is 1. The standard InChI is InChI=1S/C47H47N3O15S4.4Na/c1-7-49-34-18-14-29-23-32(66(54,55)56)25-36(68(60,61)62)41(29)43(34)46(3,4)38(49)20-9-27(11-22-40(51)48-31-16-12-28(13-17-31)45(52)53)10-21-39-47(5,6)44-35(50(39)8-2)19-15-30-24-33(67(57,58)59)26-37(42(30)44)69(63,64)65;;;;/h9-10,12-21,23-26H,7-8,11,22H2,1-6H3,(H5-,48,51,52,53,54,55,56,57,58,59,60,61,62,63,64,65);;;;/q;4*+1/p-4. The number of rotatable bonds is 14. The van der Waals surface area contributed by atoms with E-state index in [0.29, 0.717) is 70.4 Å². The van der Waals surface area contributed by atoms with Gasteiger partial charge in [0.05, 0.1) is 31.0 Å². The Labute approximate surface area is 512 Å². The summed E-state index contributed by atoms with van der Waals surface area (Å²) in [7, 11) is -21.0. The molecule has 2 aliphatic rings. The van der Waals surface area contributed by atoms with E-state index in [1.54, 1.807) is 64.1 Å². The van der Waals surface area contributed by atoms with Crippen LogP contribution in [0.4, 0.5) is 17.1 Å². The van der Waals surface area contributed by atoms with Crippen LogP contribution in [0.1, 0.15) is 75.9 Å². The number of carbonyl (C=O) groups excluding carboxylic acids is 2. The summed E-state index contributed by atoms with van der Waals surface area (Å²) < 4.78 is 151. The molecule has 1 N–H and O–H groups in total. The number of hydrogen-bond donors (Lipinski definition) is 1. The Morgan fingerprint density at radius 1 is 0.658 bits per heavy atom. The molecule has 73 heavy (non-hydrogen) atoms. The van der Waals surface area contributed by atoms with E-state index >= 15 is 0 Å². The van der Waals surface area contributed by atoms with Crippen LogP contribution in [0.3, 0.4) is 0 Å². The molecule has 0 aliphatic carbocycles. The number of nitrogens with one attached hydrogen (secondary N) is 1. The third-order valence-corrected chi connectivity index (χ3v) is 15.8. The molecule has 0 saturated carbocycles. The fraction of sp³-hybridized carbons (Fsp3) is 0.255. The van der Waals surface area contributed by atoms with Gasteiger partial charge in [-0.3, -0.25) is 4.79 Å². The first kappa shape index (κ1) is 65.2. The van der Waals surface area contributed by atoms with Crippen molar-refractivity contribution in [2.45, 2.75) is 84.8 Å². The first-order valence-corrected chi connectivity index (χ1v) is 26.7. The van der Waals surface area contributed by atoms with Gasteiger partial charge in [0.1, 0.15) is 47.0 Å². The average Bonchev–Trinajstić information content (AvgIpc) is 3.61. The van der Waals surface area contributed by atoms with Crippen LogP contribution >= 0.6 is 0 Å². The molecule has 0 atom stereocenters. The molecule has 364 valence electrons. The predicted octanol–water partition coefficient (Wildman–Crippen LogP) is -7.01. The molecular weight excluding hydrogens is 1070 g/mol. The van der Waals surface area contributed by atoms with Crippen molar-refractivity contribution in [2.24, 2.45) is 0 Å². The number of allylic oxidation sites excluding steroid dienone is 6. The van der Waals surface area contributed by atoms with Crippen LogP contribution in [-0.2, 0) is 56.1 Å². The van der Waals surface area contributed by atoms with Gasteiger partial charge in [-0.2, -0.15) is 4.58 Å². The number of hydrogen-bond acceptors (Lipinski definition) is 16. The number of nitrogens with zero attached hydrogens (tertiary/aromatic N) is 2. The number of benzene rings is 5. The molecular formula is C47H43N3Na4O15S4. The van der Waals surface area contributed by atoms with Crippen LogP contribution in [0.5, 0.6) is 0 Å². The fourth-order valence-corrected chi connectivity index (χ4v) is 12.1. The second kappa shape index (κ2) is 23.9. The Morgan fingerprint density at radius 2 is 1.16 bits per heavy atom. The molecule has 5 aromatic rings. The van der Waals surface area contributed by atoms with E-state index in [1.807, 2.05) is 23.3 Å².